The summed E-state index contributed by atoms with van der Waals surface area (Å²) < 4.78 is 13.4. The van der Waals surface area contributed by atoms with Gasteiger partial charge in [0.05, 0.1) is 12.7 Å². The van der Waals surface area contributed by atoms with Gasteiger partial charge in [-0.1, -0.05) is 113 Å². The number of hydrogen-bond donors (Lipinski definition) is 0. The average Bonchev–Trinajstić information content (AvgIpc) is 2.85. The van der Waals surface area contributed by atoms with Gasteiger partial charge in [-0.05, 0) is 59.9 Å². The van der Waals surface area contributed by atoms with Crippen LogP contribution in [0.2, 0.25) is 5.04 Å². The van der Waals surface area contributed by atoms with Crippen molar-refractivity contribution in [2.75, 3.05) is 13.2 Å². The van der Waals surface area contributed by atoms with E-state index < -0.39 is 8.32 Å². The number of ether oxygens (including phenoxy) is 1. The van der Waals surface area contributed by atoms with Gasteiger partial charge in [0.15, 0.2) is 0 Å². The van der Waals surface area contributed by atoms with Crippen LogP contribution < -0.4 is 10.4 Å². The van der Waals surface area contributed by atoms with Crippen LogP contribution >= 0.6 is 0 Å². The van der Waals surface area contributed by atoms with E-state index in [0.717, 1.165) is 32.5 Å². The zero-order valence-electron chi connectivity index (χ0n) is 22.0. The third-order valence-electron chi connectivity index (χ3n) is 7.28. The quantitative estimate of drug-likeness (QED) is 0.181. The van der Waals surface area contributed by atoms with E-state index in [1.165, 1.54) is 42.5 Å². The van der Waals surface area contributed by atoms with Crippen LogP contribution in [0.5, 0.6) is 0 Å². The summed E-state index contributed by atoms with van der Waals surface area (Å²) in [5.74, 6) is 0.621. The van der Waals surface area contributed by atoms with Gasteiger partial charge in [0.2, 0.25) is 0 Å². The highest BCUT2D eigenvalue weighted by molar-refractivity contribution is 6.99. The maximum atomic E-state index is 7.18. The summed E-state index contributed by atoms with van der Waals surface area (Å²) in [4.78, 5) is 0. The lowest BCUT2D eigenvalue weighted by Crippen LogP contribution is -2.67. The molecule has 2 aromatic rings. The van der Waals surface area contributed by atoms with Gasteiger partial charge in [-0.2, -0.15) is 0 Å². The Morgan fingerprint density at radius 3 is 1.91 bits per heavy atom. The Morgan fingerprint density at radius 1 is 0.824 bits per heavy atom. The molecule has 0 aliphatic heterocycles. The van der Waals surface area contributed by atoms with Crippen LogP contribution in [-0.4, -0.2) is 27.6 Å². The van der Waals surface area contributed by atoms with Crippen molar-refractivity contribution in [2.24, 2.45) is 5.92 Å². The summed E-state index contributed by atoms with van der Waals surface area (Å²) in [6, 6.07) is 22.0. The largest absolute Gasteiger partial charge is 0.407 e. The minimum atomic E-state index is -2.43. The summed E-state index contributed by atoms with van der Waals surface area (Å²) in [5.41, 5.74) is 0. The van der Waals surface area contributed by atoms with E-state index >= 15 is 0 Å². The first-order valence-corrected chi connectivity index (χ1v) is 15.4. The van der Waals surface area contributed by atoms with Crippen molar-refractivity contribution < 1.29 is 9.16 Å². The van der Waals surface area contributed by atoms with Crippen LogP contribution in [-0.2, 0) is 9.16 Å². The third kappa shape index (κ3) is 7.16. The Hall–Kier alpha value is -1.68. The Balaban J connectivity index is 1.59. The third-order valence-corrected chi connectivity index (χ3v) is 12.3. The van der Waals surface area contributed by atoms with Crippen molar-refractivity contribution in [1.82, 2.24) is 0 Å². The second-order valence-electron chi connectivity index (χ2n) is 10.9. The molecule has 2 aromatic carbocycles. The maximum Gasteiger partial charge on any atom is 0.261 e. The van der Waals surface area contributed by atoms with Gasteiger partial charge in [0, 0.05) is 6.61 Å². The van der Waals surface area contributed by atoms with E-state index in [1.807, 2.05) is 0 Å². The normalized spacial score (nSPS) is 19.5. The molecule has 1 saturated carbocycles. The zero-order chi connectivity index (χ0) is 24.3. The van der Waals surface area contributed by atoms with E-state index in [-0.39, 0.29) is 5.04 Å². The number of allylic oxidation sites excluding steroid dienone is 1. The molecule has 186 valence electrons. The minimum Gasteiger partial charge on any atom is -0.407 e. The van der Waals surface area contributed by atoms with Gasteiger partial charge in [0.25, 0.3) is 8.32 Å². The average molecular weight is 479 g/mol. The van der Waals surface area contributed by atoms with E-state index in [9.17, 15) is 0 Å². The summed E-state index contributed by atoms with van der Waals surface area (Å²) in [6.07, 6.45) is 14.6. The Bertz CT molecular complexity index is 793. The van der Waals surface area contributed by atoms with Crippen molar-refractivity contribution in [2.45, 2.75) is 90.2 Å². The molecule has 0 N–H and O–H groups in total. The SMILES string of the molecule is CCCCC=CCCOC1CCC(CO[Si](c2ccccc2)(c2ccccc2)C(C)(C)C)CC1. The van der Waals surface area contributed by atoms with Gasteiger partial charge >= 0.3 is 0 Å². The summed E-state index contributed by atoms with van der Waals surface area (Å²) in [6.45, 7) is 11.0. The molecule has 1 aliphatic rings. The predicted octanol–water partition coefficient (Wildman–Crippen LogP) is 7.27. The predicted molar refractivity (Wildman–Crippen MR) is 149 cm³/mol. The summed E-state index contributed by atoms with van der Waals surface area (Å²) >= 11 is 0. The first-order chi connectivity index (χ1) is 16.5. The zero-order valence-corrected chi connectivity index (χ0v) is 23.0. The van der Waals surface area contributed by atoms with Crippen molar-refractivity contribution in [3.8, 4) is 0 Å². The molecular formula is C31H46O2Si. The Labute approximate surface area is 209 Å². The van der Waals surface area contributed by atoms with Gasteiger partial charge in [-0.3, -0.25) is 0 Å². The fourth-order valence-corrected chi connectivity index (χ4v) is 9.97. The molecule has 0 atom stereocenters. The van der Waals surface area contributed by atoms with Crippen LogP contribution in [0.25, 0.3) is 0 Å². The van der Waals surface area contributed by atoms with Crippen molar-refractivity contribution >= 4 is 18.7 Å². The fraction of sp³-hybridized carbons (Fsp3) is 0.548. The first kappa shape index (κ1) is 26.9. The smallest absolute Gasteiger partial charge is 0.261 e. The highest BCUT2D eigenvalue weighted by Crippen LogP contribution is 2.38. The number of benzene rings is 2. The molecule has 0 aromatic heterocycles. The first-order valence-electron chi connectivity index (χ1n) is 13.5. The Morgan fingerprint density at radius 2 is 1.38 bits per heavy atom. The molecule has 0 unspecified atom stereocenters. The number of unbranched alkanes of at least 4 members (excludes halogenated alkanes) is 2. The monoisotopic (exact) mass is 478 g/mol. The van der Waals surface area contributed by atoms with Gasteiger partial charge in [-0.15, -0.1) is 0 Å². The second kappa shape index (κ2) is 13.4. The van der Waals surface area contributed by atoms with Crippen molar-refractivity contribution in [3.05, 3.63) is 72.8 Å². The van der Waals surface area contributed by atoms with Crippen LogP contribution in [0.15, 0.2) is 72.8 Å². The summed E-state index contributed by atoms with van der Waals surface area (Å²) in [7, 11) is -2.43. The lowest BCUT2D eigenvalue weighted by molar-refractivity contribution is 0.0146. The standard InChI is InChI=1S/C31H46O2Si/c1-5-6-7-8-9-16-25-32-28-23-21-27(22-24-28)26-33-34(31(2,3)4,29-17-12-10-13-18-29)30-19-14-11-15-20-30/h8-15,17-20,27-28H,5-7,16,21-26H2,1-4H3. The van der Waals surface area contributed by atoms with Gasteiger partial charge in [0.1, 0.15) is 0 Å². The Kier molecular flexibility index (Phi) is 10.6. The lowest BCUT2D eigenvalue weighted by Gasteiger charge is -2.44. The molecule has 1 aliphatic carbocycles. The highest BCUT2D eigenvalue weighted by Gasteiger charge is 2.50. The van der Waals surface area contributed by atoms with Crippen molar-refractivity contribution in [1.29, 1.82) is 0 Å². The van der Waals surface area contributed by atoms with E-state index in [1.54, 1.807) is 0 Å². The minimum absolute atomic E-state index is 0.0423. The van der Waals surface area contributed by atoms with Crippen LogP contribution in [0.1, 0.15) is 79.1 Å². The second-order valence-corrected chi connectivity index (χ2v) is 15.2. The molecule has 2 nitrogen and oxygen atoms in total. The van der Waals surface area contributed by atoms with Gasteiger partial charge in [-0.25, -0.2) is 0 Å². The number of rotatable bonds is 12. The molecule has 0 amide bonds. The molecular weight excluding hydrogens is 432 g/mol. The topological polar surface area (TPSA) is 18.5 Å². The maximum absolute atomic E-state index is 7.18. The van der Waals surface area contributed by atoms with Crippen LogP contribution in [0, 0.1) is 5.92 Å². The number of hydrogen-bond acceptors (Lipinski definition) is 2. The molecule has 0 saturated heterocycles. The molecule has 1 fully saturated rings. The van der Waals surface area contributed by atoms with Crippen LogP contribution in [0.4, 0.5) is 0 Å². The van der Waals surface area contributed by atoms with Crippen molar-refractivity contribution in [3.63, 3.8) is 0 Å². The summed E-state index contributed by atoms with van der Waals surface area (Å²) in [5, 5.41) is 2.79. The van der Waals surface area contributed by atoms with Crippen LogP contribution in [0.3, 0.4) is 0 Å². The highest BCUT2D eigenvalue weighted by atomic mass is 28.4. The van der Waals surface area contributed by atoms with E-state index in [2.05, 4.69) is 101 Å². The fourth-order valence-electron chi connectivity index (χ4n) is 5.33. The molecule has 3 heteroatoms. The molecule has 3 rings (SSSR count). The van der Waals surface area contributed by atoms with E-state index in [4.69, 9.17) is 9.16 Å². The molecule has 34 heavy (non-hydrogen) atoms. The molecule has 0 heterocycles. The van der Waals surface area contributed by atoms with E-state index in [0.29, 0.717) is 12.0 Å². The molecule has 0 spiro atoms. The van der Waals surface area contributed by atoms with Gasteiger partial charge < -0.3 is 9.16 Å². The molecule has 0 bridgehead atoms. The lowest BCUT2D eigenvalue weighted by atomic mass is 9.88. The molecule has 0 radical (unpaired) electrons.